The Morgan fingerprint density at radius 1 is 0.880 bits per heavy atom. The minimum Gasteiger partial charge on any atom is -0.497 e. The van der Waals surface area contributed by atoms with Gasteiger partial charge in [0.1, 0.15) is 18.1 Å². The van der Waals surface area contributed by atoms with Gasteiger partial charge in [0.25, 0.3) is 5.91 Å². The van der Waals surface area contributed by atoms with Crippen LogP contribution in [-0.4, -0.2) is 13.0 Å². The van der Waals surface area contributed by atoms with E-state index in [-0.39, 0.29) is 5.91 Å². The van der Waals surface area contributed by atoms with E-state index in [0.29, 0.717) is 23.6 Å². The first kappa shape index (κ1) is 16.6. The maximum atomic E-state index is 12.4. The first-order valence-electron chi connectivity index (χ1n) is 7.97. The molecular weight excluding hydrogens is 314 g/mol. The van der Waals surface area contributed by atoms with Gasteiger partial charge >= 0.3 is 0 Å². The van der Waals surface area contributed by atoms with Crippen LogP contribution >= 0.6 is 0 Å². The van der Waals surface area contributed by atoms with E-state index in [4.69, 9.17) is 9.47 Å². The molecule has 126 valence electrons. The monoisotopic (exact) mass is 333 g/mol. The number of hydrogen-bond donors (Lipinski definition) is 1. The fraction of sp³-hybridized carbons (Fsp3) is 0.0952. The number of rotatable bonds is 6. The predicted molar refractivity (Wildman–Crippen MR) is 98.2 cm³/mol. The topological polar surface area (TPSA) is 47.6 Å². The molecule has 25 heavy (non-hydrogen) atoms. The van der Waals surface area contributed by atoms with Gasteiger partial charge in [-0.25, -0.2) is 0 Å². The Morgan fingerprint density at radius 3 is 2.36 bits per heavy atom. The summed E-state index contributed by atoms with van der Waals surface area (Å²) in [6, 6.07) is 24.2. The van der Waals surface area contributed by atoms with E-state index in [9.17, 15) is 4.79 Å². The predicted octanol–water partition coefficient (Wildman–Crippen LogP) is 4.53. The molecule has 1 N–H and O–H groups in total. The maximum Gasteiger partial charge on any atom is 0.255 e. The van der Waals surface area contributed by atoms with Crippen molar-refractivity contribution in [3.8, 4) is 11.5 Å². The Hall–Kier alpha value is -3.27. The molecule has 0 unspecified atom stereocenters. The highest BCUT2D eigenvalue weighted by molar-refractivity contribution is 6.04. The fourth-order valence-electron chi connectivity index (χ4n) is 2.35. The summed E-state index contributed by atoms with van der Waals surface area (Å²) in [4.78, 5) is 12.4. The normalized spacial score (nSPS) is 10.1. The summed E-state index contributed by atoms with van der Waals surface area (Å²) in [5, 5.41) is 2.86. The smallest absolute Gasteiger partial charge is 0.255 e. The van der Waals surface area contributed by atoms with Gasteiger partial charge < -0.3 is 14.8 Å². The van der Waals surface area contributed by atoms with Crippen LogP contribution in [0.15, 0.2) is 78.9 Å². The average Bonchev–Trinajstić information content (AvgIpc) is 2.68. The van der Waals surface area contributed by atoms with Crippen molar-refractivity contribution in [3.05, 3.63) is 90.0 Å². The van der Waals surface area contributed by atoms with Crippen LogP contribution in [0, 0.1) is 0 Å². The highest BCUT2D eigenvalue weighted by atomic mass is 16.5. The van der Waals surface area contributed by atoms with Crippen molar-refractivity contribution in [3.63, 3.8) is 0 Å². The van der Waals surface area contributed by atoms with Gasteiger partial charge in [0.2, 0.25) is 0 Å². The molecule has 0 saturated carbocycles. The second kappa shape index (κ2) is 8.02. The number of hydrogen-bond acceptors (Lipinski definition) is 3. The molecule has 1 amide bonds. The van der Waals surface area contributed by atoms with Gasteiger partial charge in [-0.1, -0.05) is 36.4 Å². The zero-order chi connectivity index (χ0) is 17.5. The largest absolute Gasteiger partial charge is 0.497 e. The SMILES string of the molecule is COc1ccc(NC(=O)c2cccc(OCc3ccccc3)c2)cc1. The molecule has 4 heteroatoms. The van der Waals surface area contributed by atoms with Crippen molar-refractivity contribution in [2.75, 3.05) is 12.4 Å². The van der Waals surface area contributed by atoms with E-state index in [1.165, 1.54) is 0 Å². The van der Waals surface area contributed by atoms with E-state index >= 15 is 0 Å². The third-order valence-corrected chi connectivity index (χ3v) is 3.69. The molecule has 0 spiro atoms. The number of methoxy groups -OCH3 is 1. The number of carbonyl (C=O) groups is 1. The van der Waals surface area contributed by atoms with Crippen LogP contribution in [0.3, 0.4) is 0 Å². The van der Waals surface area contributed by atoms with Crippen molar-refractivity contribution >= 4 is 11.6 Å². The molecule has 0 bridgehead atoms. The Bertz CT molecular complexity index is 829. The molecule has 0 aromatic heterocycles. The lowest BCUT2D eigenvalue weighted by molar-refractivity contribution is 0.102. The summed E-state index contributed by atoms with van der Waals surface area (Å²) in [5.41, 5.74) is 2.33. The minimum atomic E-state index is -0.185. The van der Waals surface area contributed by atoms with Gasteiger partial charge in [0.15, 0.2) is 0 Å². The summed E-state index contributed by atoms with van der Waals surface area (Å²) in [7, 11) is 1.61. The summed E-state index contributed by atoms with van der Waals surface area (Å²) in [6.07, 6.45) is 0. The molecule has 0 aliphatic rings. The highest BCUT2D eigenvalue weighted by Gasteiger charge is 2.08. The summed E-state index contributed by atoms with van der Waals surface area (Å²) in [5.74, 6) is 1.22. The molecule has 0 fully saturated rings. The Kier molecular flexibility index (Phi) is 5.32. The van der Waals surface area contributed by atoms with E-state index in [1.54, 1.807) is 43.5 Å². The quantitative estimate of drug-likeness (QED) is 0.721. The van der Waals surface area contributed by atoms with Crippen LogP contribution < -0.4 is 14.8 Å². The van der Waals surface area contributed by atoms with Crippen molar-refractivity contribution in [1.82, 2.24) is 0 Å². The number of anilines is 1. The van der Waals surface area contributed by atoms with Crippen LogP contribution in [0.2, 0.25) is 0 Å². The van der Waals surface area contributed by atoms with Gasteiger partial charge in [-0.15, -0.1) is 0 Å². The van der Waals surface area contributed by atoms with E-state index in [1.807, 2.05) is 42.5 Å². The second-order valence-electron chi connectivity index (χ2n) is 5.48. The third kappa shape index (κ3) is 4.61. The molecule has 0 saturated heterocycles. The Morgan fingerprint density at radius 2 is 1.64 bits per heavy atom. The summed E-state index contributed by atoms with van der Waals surface area (Å²) in [6.45, 7) is 0.463. The number of benzene rings is 3. The zero-order valence-electron chi connectivity index (χ0n) is 13.9. The lowest BCUT2D eigenvalue weighted by Crippen LogP contribution is -2.11. The van der Waals surface area contributed by atoms with Crippen LogP contribution in [0.5, 0.6) is 11.5 Å². The molecule has 0 heterocycles. The fourth-order valence-corrected chi connectivity index (χ4v) is 2.35. The number of amides is 1. The van der Waals surface area contributed by atoms with Crippen molar-refractivity contribution in [2.24, 2.45) is 0 Å². The number of carbonyl (C=O) groups excluding carboxylic acids is 1. The number of ether oxygens (including phenoxy) is 2. The first-order chi connectivity index (χ1) is 12.2. The van der Waals surface area contributed by atoms with Crippen LogP contribution in [-0.2, 0) is 6.61 Å². The molecule has 3 aromatic rings. The molecule has 4 nitrogen and oxygen atoms in total. The zero-order valence-corrected chi connectivity index (χ0v) is 13.9. The van der Waals surface area contributed by atoms with E-state index in [0.717, 1.165) is 11.3 Å². The summed E-state index contributed by atoms with van der Waals surface area (Å²) < 4.78 is 10.9. The molecule has 0 atom stereocenters. The lowest BCUT2D eigenvalue weighted by atomic mass is 10.2. The number of nitrogens with one attached hydrogen (secondary N) is 1. The molecule has 0 aliphatic heterocycles. The van der Waals surface area contributed by atoms with Crippen molar-refractivity contribution in [1.29, 1.82) is 0 Å². The van der Waals surface area contributed by atoms with Gasteiger partial charge in [-0.3, -0.25) is 4.79 Å². The van der Waals surface area contributed by atoms with Crippen LogP contribution in [0.25, 0.3) is 0 Å². The average molecular weight is 333 g/mol. The Labute approximate surface area is 147 Å². The lowest BCUT2D eigenvalue weighted by Gasteiger charge is -2.09. The van der Waals surface area contributed by atoms with Gasteiger partial charge in [0, 0.05) is 11.3 Å². The molecule has 3 aromatic carbocycles. The summed E-state index contributed by atoms with van der Waals surface area (Å²) >= 11 is 0. The van der Waals surface area contributed by atoms with Gasteiger partial charge in [-0.05, 0) is 48.0 Å². The standard InChI is InChI=1S/C21H19NO3/c1-24-19-12-10-18(11-13-19)22-21(23)17-8-5-9-20(14-17)25-15-16-6-3-2-4-7-16/h2-14H,15H2,1H3,(H,22,23). The maximum absolute atomic E-state index is 12.4. The molecule has 3 rings (SSSR count). The second-order valence-corrected chi connectivity index (χ2v) is 5.48. The van der Waals surface area contributed by atoms with Crippen LogP contribution in [0.4, 0.5) is 5.69 Å². The molecule has 0 radical (unpaired) electrons. The molecular formula is C21H19NO3. The van der Waals surface area contributed by atoms with E-state index in [2.05, 4.69) is 5.32 Å². The van der Waals surface area contributed by atoms with Crippen molar-refractivity contribution < 1.29 is 14.3 Å². The minimum absolute atomic E-state index is 0.185. The van der Waals surface area contributed by atoms with Gasteiger partial charge in [-0.2, -0.15) is 0 Å². The van der Waals surface area contributed by atoms with E-state index < -0.39 is 0 Å². The first-order valence-corrected chi connectivity index (χ1v) is 7.97. The third-order valence-electron chi connectivity index (χ3n) is 3.69. The highest BCUT2D eigenvalue weighted by Crippen LogP contribution is 2.18. The van der Waals surface area contributed by atoms with Gasteiger partial charge in [0.05, 0.1) is 7.11 Å². The van der Waals surface area contributed by atoms with Crippen LogP contribution in [0.1, 0.15) is 15.9 Å². The Balaban J connectivity index is 1.64. The molecule has 0 aliphatic carbocycles. The van der Waals surface area contributed by atoms with Crippen molar-refractivity contribution in [2.45, 2.75) is 6.61 Å².